The monoisotopic (exact) mass is 247 g/mol. The van der Waals surface area contributed by atoms with E-state index >= 15 is 0 Å². The summed E-state index contributed by atoms with van der Waals surface area (Å²) in [5.74, 6) is 0.354. The molecular formula is C11H13N5O2. The zero-order valence-electron chi connectivity index (χ0n) is 9.88. The number of amides is 1. The lowest BCUT2D eigenvalue weighted by molar-refractivity contribution is 0.0951. The van der Waals surface area contributed by atoms with Crippen molar-refractivity contribution in [1.82, 2.24) is 20.4 Å². The quantitative estimate of drug-likeness (QED) is 0.812. The average Bonchev–Trinajstić information content (AvgIpc) is 2.90. The maximum absolute atomic E-state index is 11.6. The summed E-state index contributed by atoms with van der Waals surface area (Å²) >= 11 is 0. The van der Waals surface area contributed by atoms with Crippen LogP contribution in [0.5, 0.6) is 0 Å². The number of pyridine rings is 1. The lowest BCUT2D eigenvalue weighted by atomic mass is 10.3. The molecule has 7 nitrogen and oxygen atoms in total. The standard InChI is InChI=1S/C11H13N5O2/c1-2-12-11(17)9-5-8(3-4-13-9)14-6-10-15-7-18-16-10/h3-5,7H,2,6H2,1H3,(H,12,17)(H,13,14). The minimum Gasteiger partial charge on any atom is -0.377 e. The van der Waals surface area contributed by atoms with Crippen LogP contribution >= 0.6 is 0 Å². The molecule has 18 heavy (non-hydrogen) atoms. The summed E-state index contributed by atoms with van der Waals surface area (Å²) in [5.41, 5.74) is 1.14. The van der Waals surface area contributed by atoms with Crippen molar-refractivity contribution in [2.45, 2.75) is 13.5 Å². The Hall–Kier alpha value is -2.44. The highest BCUT2D eigenvalue weighted by molar-refractivity contribution is 5.93. The van der Waals surface area contributed by atoms with E-state index in [1.54, 1.807) is 18.3 Å². The zero-order chi connectivity index (χ0) is 12.8. The zero-order valence-corrected chi connectivity index (χ0v) is 9.88. The van der Waals surface area contributed by atoms with Crippen LogP contribution in [0, 0.1) is 0 Å². The first-order valence-electron chi connectivity index (χ1n) is 5.53. The van der Waals surface area contributed by atoms with Crippen LogP contribution in [0.15, 0.2) is 29.2 Å². The molecule has 0 saturated heterocycles. The average molecular weight is 247 g/mol. The van der Waals surface area contributed by atoms with Crippen LogP contribution in [0.3, 0.4) is 0 Å². The van der Waals surface area contributed by atoms with Gasteiger partial charge in [0.2, 0.25) is 6.39 Å². The highest BCUT2D eigenvalue weighted by Crippen LogP contribution is 2.08. The molecule has 0 radical (unpaired) electrons. The molecule has 2 N–H and O–H groups in total. The second kappa shape index (κ2) is 5.76. The minimum atomic E-state index is -0.194. The molecule has 0 saturated carbocycles. The van der Waals surface area contributed by atoms with E-state index in [4.69, 9.17) is 0 Å². The number of carbonyl (C=O) groups is 1. The van der Waals surface area contributed by atoms with Crippen molar-refractivity contribution >= 4 is 11.6 Å². The topological polar surface area (TPSA) is 92.9 Å². The van der Waals surface area contributed by atoms with Crippen molar-refractivity contribution in [1.29, 1.82) is 0 Å². The predicted molar refractivity (Wildman–Crippen MR) is 63.9 cm³/mol. The normalized spacial score (nSPS) is 10.1. The fourth-order valence-electron chi connectivity index (χ4n) is 1.37. The molecule has 2 aromatic heterocycles. The number of rotatable bonds is 5. The van der Waals surface area contributed by atoms with E-state index in [-0.39, 0.29) is 5.91 Å². The molecule has 2 heterocycles. The summed E-state index contributed by atoms with van der Waals surface area (Å²) < 4.78 is 4.62. The van der Waals surface area contributed by atoms with Crippen LogP contribution in [0.25, 0.3) is 0 Å². The number of aromatic nitrogens is 3. The van der Waals surface area contributed by atoms with Crippen molar-refractivity contribution in [3.63, 3.8) is 0 Å². The third kappa shape index (κ3) is 3.03. The second-order valence-electron chi connectivity index (χ2n) is 3.49. The lowest BCUT2D eigenvalue weighted by Gasteiger charge is -2.05. The minimum absolute atomic E-state index is 0.194. The first-order chi connectivity index (χ1) is 8.79. The van der Waals surface area contributed by atoms with Gasteiger partial charge in [-0.25, -0.2) is 0 Å². The highest BCUT2D eigenvalue weighted by atomic mass is 16.5. The van der Waals surface area contributed by atoms with Crippen LogP contribution in [0.2, 0.25) is 0 Å². The van der Waals surface area contributed by atoms with Crippen molar-refractivity contribution < 1.29 is 9.32 Å². The maximum Gasteiger partial charge on any atom is 0.269 e. The number of nitrogens with zero attached hydrogens (tertiary/aromatic N) is 3. The van der Waals surface area contributed by atoms with Crippen molar-refractivity contribution in [2.75, 3.05) is 11.9 Å². The number of hydrogen-bond acceptors (Lipinski definition) is 6. The van der Waals surface area contributed by atoms with E-state index in [2.05, 4.69) is 30.3 Å². The van der Waals surface area contributed by atoms with Gasteiger partial charge in [-0.2, -0.15) is 4.98 Å². The summed E-state index contributed by atoms with van der Waals surface area (Å²) in [6.45, 7) is 2.85. The Labute approximate surface area is 104 Å². The Morgan fingerprint density at radius 3 is 3.06 bits per heavy atom. The first-order valence-corrected chi connectivity index (χ1v) is 5.53. The summed E-state index contributed by atoms with van der Waals surface area (Å²) in [4.78, 5) is 19.5. The van der Waals surface area contributed by atoms with Crippen LogP contribution in [-0.4, -0.2) is 27.6 Å². The van der Waals surface area contributed by atoms with Gasteiger partial charge in [-0.1, -0.05) is 5.16 Å². The van der Waals surface area contributed by atoms with Crippen LogP contribution < -0.4 is 10.6 Å². The molecule has 0 aromatic carbocycles. The second-order valence-corrected chi connectivity index (χ2v) is 3.49. The first kappa shape index (κ1) is 12.0. The smallest absolute Gasteiger partial charge is 0.269 e. The molecule has 0 unspecified atom stereocenters. The molecule has 0 spiro atoms. The summed E-state index contributed by atoms with van der Waals surface area (Å²) in [6.07, 6.45) is 2.84. The van der Waals surface area contributed by atoms with Gasteiger partial charge in [-0.15, -0.1) is 0 Å². The van der Waals surface area contributed by atoms with Gasteiger partial charge >= 0.3 is 0 Å². The van der Waals surface area contributed by atoms with Crippen molar-refractivity contribution in [3.8, 4) is 0 Å². The van der Waals surface area contributed by atoms with Crippen molar-refractivity contribution in [2.24, 2.45) is 0 Å². The summed E-state index contributed by atoms with van der Waals surface area (Å²) in [6, 6.07) is 3.44. The third-order valence-electron chi connectivity index (χ3n) is 2.19. The number of nitrogens with one attached hydrogen (secondary N) is 2. The van der Waals surface area contributed by atoms with Gasteiger partial charge in [0, 0.05) is 18.4 Å². The molecule has 0 atom stereocenters. The molecule has 0 aliphatic rings. The molecule has 7 heteroatoms. The van der Waals surface area contributed by atoms with E-state index in [1.807, 2.05) is 6.92 Å². The van der Waals surface area contributed by atoms with E-state index in [9.17, 15) is 4.79 Å². The molecule has 0 fully saturated rings. The molecule has 0 aliphatic heterocycles. The highest BCUT2D eigenvalue weighted by Gasteiger charge is 2.06. The number of carbonyl (C=O) groups excluding carboxylic acids is 1. The number of anilines is 1. The fraction of sp³-hybridized carbons (Fsp3) is 0.273. The Morgan fingerprint density at radius 2 is 2.33 bits per heavy atom. The molecule has 94 valence electrons. The van der Waals surface area contributed by atoms with Gasteiger partial charge in [0.05, 0.1) is 6.54 Å². The lowest BCUT2D eigenvalue weighted by Crippen LogP contribution is -2.23. The van der Waals surface area contributed by atoms with Gasteiger partial charge < -0.3 is 15.2 Å². The Morgan fingerprint density at radius 1 is 1.44 bits per heavy atom. The largest absolute Gasteiger partial charge is 0.377 e. The molecule has 0 aliphatic carbocycles. The van der Waals surface area contributed by atoms with Crippen LogP contribution in [-0.2, 0) is 6.54 Å². The molecule has 2 rings (SSSR count). The Balaban J connectivity index is 2.01. The van der Waals surface area contributed by atoms with Gasteiger partial charge in [-0.05, 0) is 19.1 Å². The number of hydrogen-bond donors (Lipinski definition) is 2. The Kier molecular flexibility index (Phi) is 3.85. The molecular weight excluding hydrogens is 234 g/mol. The fourth-order valence-corrected chi connectivity index (χ4v) is 1.37. The molecule has 0 bridgehead atoms. The predicted octanol–water partition coefficient (Wildman–Crippen LogP) is 0.826. The SMILES string of the molecule is CCNC(=O)c1cc(NCc2ncon2)ccn1. The van der Waals surface area contributed by atoms with Crippen LogP contribution in [0.4, 0.5) is 5.69 Å². The molecule has 2 aromatic rings. The summed E-state index contributed by atoms with van der Waals surface area (Å²) in [7, 11) is 0. The van der Waals surface area contributed by atoms with E-state index in [0.717, 1.165) is 5.69 Å². The van der Waals surface area contributed by atoms with Gasteiger partial charge in [0.25, 0.3) is 5.91 Å². The third-order valence-corrected chi connectivity index (χ3v) is 2.19. The Bertz CT molecular complexity index is 512. The van der Waals surface area contributed by atoms with E-state index in [1.165, 1.54) is 6.39 Å². The molecule has 1 amide bonds. The van der Waals surface area contributed by atoms with E-state index < -0.39 is 0 Å². The van der Waals surface area contributed by atoms with Gasteiger partial charge in [0.1, 0.15) is 5.69 Å². The van der Waals surface area contributed by atoms with Gasteiger partial charge in [0.15, 0.2) is 5.82 Å². The van der Waals surface area contributed by atoms with Crippen LogP contribution in [0.1, 0.15) is 23.2 Å². The summed E-state index contributed by atoms with van der Waals surface area (Å²) in [5, 5.41) is 9.44. The van der Waals surface area contributed by atoms with Gasteiger partial charge in [-0.3, -0.25) is 9.78 Å². The van der Waals surface area contributed by atoms with Crippen molar-refractivity contribution in [3.05, 3.63) is 36.2 Å². The van der Waals surface area contributed by atoms with E-state index in [0.29, 0.717) is 24.6 Å². The maximum atomic E-state index is 11.6.